The molecule has 0 aliphatic heterocycles. The molecule has 0 fully saturated rings. The second-order valence-electron chi connectivity index (χ2n) is 4.53. The second kappa shape index (κ2) is 4.93. The number of aryl methyl sites for hydroxylation is 2. The zero-order valence-corrected chi connectivity index (χ0v) is 11.9. The Morgan fingerprint density at radius 2 is 1.95 bits per heavy atom. The van der Waals surface area contributed by atoms with Crippen LogP contribution < -0.4 is 4.74 Å². The highest BCUT2D eigenvalue weighted by Crippen LogP contribution is 2.21. The molecule has 0 aliphatic rings. The maximum absolute atomic E-state index is 12.7. The molecular weight excluding hydrogens is 270 g/mol. The van der Waals surface area contributed by atoms with E-state index in [1.807, 2.05) is 0 Å². The van der Waals surface area contributed by atoms with Gasteiger partial charge in [0.15, 0.2) is 5.69 Å². The summed E-state index contributed by atoms with van der Waals surface area (Å²) in [5.74, 6) is 1.20. The lowest BCUT2D eigenvalue weighted by Crippen LogP contribution is -2.13. The summed E-state index contributed by atoms with van der Waals surface area (Å²) in [5, 5.41) is 12.1. The molecule has 0 unspecified atom stereocenters. The first-order chi connectivity index (χ1) is 10.1. The van der Waals surface area contributed by atoms with Gasteiger partial charge in [-0.3, -0.25) is 4.79 Å². The quantitative estimate of drug-likeness (QED) is 0.675. The van der Waals surface area contributed by atoms with Crippen molar-refractivity contribution in [2.24, 2.45) is 0 Å². The molecule has 0 saturated carbocycles. The van der Waals surface area contributed by atoms with E-state index in [1.165, 1.54) is 11.6 Å². The fraction of sp³-hybridized carbons (Fsp3) is 0.214. The predicted octanol–water partition coefficient (Wildman–Crippen LogP) is 1.38. The SMILES string of the molecule is COc1ccccc1C(=O)c1nnc2nc(C)nn2c1C. The van der Waals surface area contributed by atoms with Gasteiger partial charge >= 0.3 is 0 Å². The third-order valence-electron chi connectivity index (χ3n) is 3.16. The molecule has 106 valence electrons. The minimum absolute atomic E-state index is 0.233. The molecule has 0 amide bonds. The molecule has 0 radical (unpaired) electrons. The van der Waals surface area contributed by atoms with Gasteiger partial charge in [-0.2, -0.15) is 9.50 Å². The van der Waals surface area contributed by atoms with Crippen LogP contribution in [0.1, 0.15) is 27.6 Å². The van der Waals surface area contributed by atoms with Gasteiger partial charge in [0.1, 0.15) is 11.6 Å². The first-order valence-corrected chi connectivity index (χ1v) is 6.36. The molecule has 1 aromatic carbocycles. The van der Waals surface area contributed by atoms with Gasteiger partial charge in [-0.25, -0.2) is 0 Å². The van der Waals surface area contributed by atoms with Gasteiger partial charge in [0.2, 0.25) is 5.78 Å². The molecule has 0 spiro atoms. The Balaban J connectivity index is 2.15. The molecule has 3 rings (SSSR count). The number of rotatable bonds is 3. The Morgan fingerprint density at radius 3 is 2.71 bits per heavy atom. The van der Waals surface area contributed by atoms with E-state index in [4.69, 9.17) is 4.74 Å². The lowest BCUT2D eigenvalue weighted by Gasteiger charge is -2.08. The number of benzene rings is 1. The number of carbonyl (C=O) groups excluding carboxylic acids is 1. The van der Waals surface area contributed by atoms with E-state index in [0.717, 1.165) is 0 Å². The van der Waals surface area contributed by atoms with E-state index >= 15 is 0 Å². The summed E-state index contributed by atoms with van der Waals surface area (Å²) in [6, 6.07) is 7.00. The number of fused-ring (bicyclic) bond motifs is 1. The molecule has 21 heavy (non-hydrogen) atoms. The van der Waals surface area contributed by atoms with E-state index < -0.39 is 0 Å². The Hall–Kier alpha value is -2.83. The summed E-state index contributed by atoms with van der Waals surface area (Å²) in [5.41, 5.74) is 1.27. The third-order valence-corrected chi connectivity index (χ3v) is 3.16. The van der Waals surface area contributed by atoms with Crippen molar-refractivity contribution in [1.29, 1.82) is 0 Å². The maximum Gasteiger partial charge on any atom is 0.272 e. The normalized spacial score (nSPS) is 10.8. The summed E-state index contributed by atoms with van der Waals surface area (Å²) in [7, 11) is 1.52. The Bertz CT molecular complexity index is 840. The second-order valence-corrected chi connectivity index (χ2v) is 4.53. The van der Waals surface area contributed by atoms with Crippen LogP contribution in [0.15, 0.2) is 24.3 Å². The average Bonchev–Trinajstić information content (AvgIpc) is 2.88. The Kier molecular flexibility index (Phi) is 3.09. The lowest BCUT2D eigenvalue weighted by molar-refractivity contribution is 0.102. The summed E-state index contributed by atoms with van der Waals surface area (Å²) >= 11 is 0. The van der Waals surface area contributed by atoms with Crippen LogP contribution >= 0.6 is 0 Å². The van der Waals surface area contributed by atoms with Crippen LogP contribution in [0.5, 0.6) is 5.75 Å². The van der Waals surface area contributed by atoms with E-state index in [0.29, 0.717) is 28.6 Å². The van der Waals surface area contributed by atoms with Crippen LogP contribution in [0.2, 0.25) is 0 Å². The minimum atomic E-state index is -0.257. The fourth-order valence-corrected chi connectivity index (χ4v) is 2.13. The summed E-state index contributed by atoms with van der Waals surface area (Å²) in [6.07, 6.45) is 0. The standard InChI is InChI=1S/C14H13N5O2/c1-8-12(16-17-14-15-9(2)18-19(8)14)13(20)10-6-4-5-7-11(10)21-3/h4-7H,1-3H3. The van der Waals surface area contributed by atoms with E-state index in [-0.39, 0.29) is 11.5 Å². The molecule has 0 atom stereocenters. The van der Waals surface area contributed by atoms with Crippen molar-refractivity contribution in [2.75, 3.05) is 7.11 Å². The van der Waals surface area contributed by atoms with Crippen molar-refractivity contribution >= 4 is 11.6 Å². The number of hydrogen-bond acceptors (Lipinski definition) is 6. The highest BCUT2D eigenvalue weighted by molar-refractivity contribution is 6.10. The van der Waals surface area contributed by atoms with Crippen molar-refractivity contribution in [2.45, 2.75) is 13.8 Å². The van der Waals surface area contributed by atoms with E-state index in [9.17, 15) is 4.79 Å². The molecule has 2 aromatic heterocycles. The van der Waals surface area contributed by atoms with Gasteiger partial charge in [0.25, 0.3) is 5.78 Å². The summed E-state index contributed by atoms with van der Waals surface area (Å²) < 4.78 is 6.73. The van der Waals surface area contributed by atoms with Crippen LogP contribution in [0.3, 0.4) is 0 Å². The number of ketones is 1. The predicted molar refractivity (Wildman–Crippen MR) is 74.5 cm³/mol. The monoisotopic (exact) mass is 283 g/mol. The average molecular weight is 283 g/mol. The maximum atomic E-state index is 12.7. The first-order valence-electron chi connectivity index (χ1n) is 6.36. The number of hydrogen-bond donors (Lipinski definition) is 0. The first kappa shape index (κ1) is 13.2. The van der Waals surface area contributed by atoms with Crippen LogP contribution in [-0.2, 0) is 0 Å². The molecule has 0 N–H and O–H groups in total. The largest absolute Gasteiger partial charge is 0.496 e. The number of carbonyl (C=O) groups is 1. The zero-order chi connectivity index (χ0) is 15.0. The molecule has 7 heteroatoms. The number of para-hydroxylation sites is 1. The number of nitrogens with zero attached hydrogens (tertiary/aromatic N) is 5. The minimum Gasteiger partial charge on any atom is -0.496 e. The van der Waals surface area contributed by atoms with Crippen molar-refractivity contribution < 1.29 is 9.53 Å². The highest BCUT2D eigenvalue weighted by Gasteiger charge is 2.20. The van der Waals surface area contributed by atoms with Gasteiger partial charge in [-0.1, -0.05) is 12.1 Å². The van der Waals surface area contributed by atoms with Crippen LogP contribution in [-0.4, -0.2) is 37.7 Å². The number of aromatic nitrogens is 5. The third kappa shape index (κ3) is 2.12. The van der Waals surface area contributed by atoms with Crippen molar-refractivity contribution in [3.63, 3.8) is 0 Å². The van der Waals surface area contributed by atoms with Gasteiger partial charge < -0.3 is 4.74 Å². The van der Waals surface area contributed by atoms with Gasteiger partial charge in [-0.15, -0.1) is 15.3 Å². The summed E-state index contributed by atoms with van der Waals surface area (Å²) in [6.45, 7) is 3.52. The fourth-order valence-electron chi connectivity index (χ4n) is 2.13. The topological polar surface area (TPSA) is 82.3 Å². The smallest absolute Gasteiger partial charge is 0.272 e. The Morgan fingerprint density at radius 1 is 1.19 bits per heavy atom. The van der Waals surface area contributed by atoms with Crippen molar-refractivity contribution in [3.8, 4) is 5.75 Å². The van der Waals surface area contributed by atoms with Crippen LogP contribution in [0, 0.1) is 13.8 Å². The molecule has 7 nitrogen and oxygen atoms in total. The molecule has 3 aromatic rings. The number of methoxy groups -OCH3 is 1. The zero-order valence-electron chi connectivity index (χ0n) is 11.9. The lowest BCUT2D eigenvalue weighted by atomic mass is 10.1. The highest BCUT2D eigenvalue weighted by atomic mass is 16.5. The van der Waals surface area contributed by atoms with Crippen LogP contribution in [0.25, 0.3) is 5.78 Å². The Labute approximate surface area is 120 Å². The van der Waals surface area contributed by atoms with Crippen molar-refractivity contribution in [1.82, 2.24) is 24.8 Å². The summed E-state index contributed by atoms with van der Waals surface area (Å²) in [4.78, 5) is 16.8. The molecule has 2 heterocycles. The number of ether oxygens (including phenoxy) is 1. The van der Waals surface area contributed by atoms with Gasteiger partial charge in [0, 0.05) is 0 Å². The molecular formula is C14H13N5O2. The molecule has 0 aliphatic carbocycles. The van der Waals surface area contributed by atoms with Crippen LogP contribution in [0.4, 0.5) is 0 Å². The van der Waals surface area contributed by atoms with E-state index in [1.54, 1.807) is 38.1 Å². The van der Waals surface area contributed by atoms with Crippen molar-refractivity contribution in [3.05, 3.63) is 47.0 Å². The van der Waals surface area contributed by atoms with Gasteiger partial charge in [-0.05, 0) is 26.0 Å². The van der Waals surface area contributed by atoms with Gasteiger partial charge in [0.05, 0.1) is 18.4 Å². The van der Waals surface area contributed by atoms with E-state index in [2.05, 4.69) is 20.3 Å². The molecule has 0 bridgehead atoms. The molecule has 0 saturated heterocycles.